The predicted molar refractivity (Wildman–Crippen MR) is 79.5 cm³/mol. The molecule has 1 aromatic carbocycles. The van der Waals surface area contributed by atoms with E-state index in [0.717, 1.165) is 12.2 Å². The van der Waals surface area contributed by atoms with Crippen LogP contribution < -0.4 is 5.32 Å². The van der Waals surface area contributed by atoms with Gasteiger partial charge >= 0.3 is 5.97 Å². The standard InChI is InChI=1S/C15H19NO3S/c17-14(10-20-9-11-4-2-1-3-5-11)16-13-7-6-12(8-13)15(18)19/h1-5,12-13H,6-10H2,(H,16,17)(H,18,19)/t12-,13+/m1/s1. The van der Waals surface area contributed by atoms with Gasteiger partial charge in [0.05, 0.1) is 11.7 Å². The molecule has 1 aromatic rings. The first-order valence-electron chi connectivity index (χ1n) is 6.79. The number of nitrogens with one attached hydrogen (secondary N) is 1. The highest BCUT2D eigenvalue weighted by atomic mass is 32.2. The number of carboxylic acids is 1. The van der Waals surface area contributed by atoms with E-state index in [1.807, 2.05) is 30.3 Å². The van der Waals surface area contributed by atoms with Crippen LogP contribution in [0.25, 0.3) is 0 Å². The van der Waals surface area contributed by atoms with Crippen molar-refractivity contribution in [3.05, 3.63) is 35.9 Å². The van der Waals surface area contributed by atoms with E-state index < -0.39 is 5.97 Å². The fourth-order valence-electron chi connectivity index (χ4n) is 2.44. The lowest BCUT2D eigenvalue weighted by Gasteiger charge is -2.12. The Hall–Kier alpha value is -1.49. The van der Waals surface area contributed by atoms with Crippen molar-refractivity contribution in [3.8, 4) is 0 Å². The Morgan fingerprint density at radius 3 is 2.65 bits per heavy atom. The minimum absolute atomic E-state index is 0.00182. The molecule has 0 bridgehead atoms. The Morgan fingerprint density at radius 1 is 1.25 bits per heavy atom. The summed E-state index contributed by atoms with van der Waals surface area (Å²) >= 11 is 1.58. The molecule has 0 saturated heterocycles. The summed E-state index contributed by atoms with van der Waals surface area (Å²) in [6, 6.07) is 10.1. The highest BCUT2D eigenvalue weighted by molar-refractivity contribution is 7.99. The van der Waals surface area contributed by atoms with Gasteiger partial charge in [0.15, 0.2) is 0 Å². The lowest BCUT2D eigenvalue weighted by molar-refractivity contribution is -0.141. The van der Waals surface area contributed by atoms with Crippen LogP contribution in [-0.2, 0) is 15.3 Å². The molecule has 4 nitrogen and oxygen atoms in total. The van der Waals surface area contributed by atoms with Gasteiger partial charge < -0.3 is 10.4 Å². The quantitative estimate of drug-likeness (QED) is 0.844. The van der Waals surface area contributed by atoms with Gasteiger partial charge in [0.25, 0.3) is 0 Å². The maximum Gasteiger partial charge on any atom is 0.306 e. The van der Waals surface area contributed by atoms with E-state index in [-0.39, 0.29) is 17.9 Å². The Kier molecular flexibility index (Phi) is 5.47. The zero-order chi connectivity index (χ0) is 14.4. The fourth-order valence-corrected chi connectivity index (χ4v) is 3.24. The smallest absolute Gasteiger partial charge is 0.306 e. The van der Waals surface area contributed by atoms with Crippen molar-refractivity contribution in [1.29, 1.82) is 0 Å². The molecule has 0 spiro atoms. The molecule has 1 saturated carbocycles. The van der Waals surface area contributed by atoms with Gasteiger partial charge in [-0.1, -0.05) is 30.3 Å². The minimum Gasteiger partial charge on any atom is -0.481 e. The zero-order valence-corrected chi connectivity index (χ0v) is 12.1. The van der Waals surface area contributed by atoms with Gasteiger partial charge in [-0.3, -0.25) is 9.59 Å². The van der Waals surface area contributed by atoms with E-state index in [2.05, 4.69) is 5.32 Å². The molecule has 1 amide bonds. The first-order chi connectivity index (χ1) is 9.65. The molecule has 20 heavy (non-hydrogen) atoms. The van der Waals surface area contributed by atoms with Gasteiger partial charge in [-0.25, -0.2) is 0 Å². The van der Waals surface area contributed by atoms with Gasteiger partial charge in [0.1, 0.15) is 0 Å². The molecule has 0 heterocycles. The number of amides is 1. The number of aliphatic carboxylic acids is 1. The number of carbonyl (C=O) groups excluding carboxylic acids is 1. The predicted octanol–water partition coefficient (Wildman–Crippen LogP) is 2.29. The van der Waals surface area contributed by atoms with Gasteiger partial charge in [0, 0.05) is 11.8 Å². The number of thioether (sulfide) groups is 1. The summed E-state index contributed by atoms with van der Waals surface area (Å²) in [5.41, 5.74) is 1.21. The van der Waals surface area contributed by atoms with Crippen LogP contribution in [0.1, 0.15) is 24.8 Å². The third kappa shape index (κ3) is 4.56. The monoisotopic (exact) mass is 293 g/mol. The van der Waals surface area contributed by atoms with E-state index >= 15 is 0 Å². The van der Waals surface area contributed by atoms with Crippen molar-refractivity contribution in [2.45, 2.75) is 31.1 Å². The van der Waals surface area contributed by atoms with Crippen LogP contribution in [0.15, 0.2) is 30.3 Å². The van der Waals surface area contributed by atoms with E-state index in [4.69, 9.17) is 5.11 Å². The number of benzene rings is 1. The first kappa shape index (κ1) is 14.9. The van der Waals surface area contributed by atoms with Crippen molar-refractivity contribution in [1.82, 2.24) is 5.32 Å². The second kappa shape index (κ2) is 7.33. The van der Waals surface area contributed by atoms with Crippen LogP contribution in [0.4, 0.5) is 0 Å². The van der Waals surface area contributed by atoms with Crippen molar-refractivity contribution in [2.75, 3.05) is 5.75 Å². The molecule has 0 unspecified atom stereocenters. The minimum atomic E-state index is -0.750. The summed E-state index contributed by atoms with van der Waals surface area (Å²) in [6.07, 6.45) is 1.99. The molecule has 1 aliphatic carbocycles. The summed E-state index contributed by atoms with van der Waals surface area (Å²) in [4.78, 5) is 22.6. The van der Waals surface area contributed by atoms with Gasteiger partial charge in [-0.05, 0) is 24.8 Å². The Labute approximate surface area is 123 Å². The maximum atomic E-state index is 11.8. The Bertz CT molecular complexity index is 463. The summed E-state index contributed by atoms with van der Waals surface area (Å²) in [6.45, 7) is 0. The topological polar surface area (TPSA) is 66.4 Å². The lowest BCUT2D eigenvalue weighted by Crippen LogP contribution is -2.34. The third-order valence-electron chi connectivity index (χ3n) is 3.49. The molecule has 108 valence electrons. The summed E-state index contributed by atoms with van der Waals surface area (Å²) in [5, 5.41) is 11.8. The number of hydrogen-bond donors (Lipinski definition) is 2. The largest absolute Gasteiger partial charge is 0.481 e. The summed E-state index contributed by atoms with van der Waals surface area (Å²) in [7, 11) is 0. The van der Waals surface area contributed by atoms with E-state index in [0.29, 0.717) is 18.6 Å². The molecular weight excluding hydrogens is 274 g/mol. The average molecular weight is 293 g/mol. The number of carboxylic acid groups (broad SMARTS) is 1. The summed E-state index contributed by atoms with van der Waals surface area (Å²) in [5.74, 6) is 0.194. The van der Waals surface area contributed by atoms with Crippen LogP contribution in [0, 0.1) is 5.92 Å². The van der Waals surface area contributed by atoms with E-state index in [1.54, 1.807) is 11.8 Å². The van der Waals surface area contributed by atoms with Crippen molar-refractivity contribution >= 4 is 23.6 Å². The zero-order valence-electron chi connectivity index (χ0n) is 11.2. The first-order valence-corrected chi connectivity index (χ1v) is 7.94. The average Bonchev–Trinajstić information content (AvgIpc) is 2.88. The number of rotatable bonds is 6. The highest BCUT2D eigenvalue weighted by Gasteiger charge is 2.30. The van der Waals surface area contributed by atoms with Crippen molar-refractivity contribution in [3.63, 3.8) is 0 Å². The fraction of sp³-hybridized carbons (Fsp3) is 0.467. The molecule has 1 fully saturated rings. The molecule has 0 aromatic heterocycles. The van der Waals surface area contributed by atoms with Gasteiger partial charge in [-0.15, -0.1) is 11.8 Å². The molecule has 2 rings (SSSR count). The lowest BCUT2D eigenvalue weighted by atomic mass is 10.1. The second-order valence-corrected chi connectivity index (χ2v) is 6.08. The Morgan fingerprint density at radius 2 is 2.00 bits per heavy atom. The SMILES string of the molecule is O=C(CSCc1ccccc1)N[C@H]1CC[C@@H](C(=O)O)C1. The second-order valence-electron chi connectivity index (χ2n) is 5.09. The van der Waals surface area contributed by atoms with Crippen LogP contribution in [0.3, 0.4) is 0 Å². The molecule has 2 N–H and O–H groups in total. The molecule has 2 atom stereocenters. The molecule has 1 aliphatic rings. The molecule has 0 radical (unpaired) electrons. The summed E-state index contributed by atoms with van der Waals surface area (Å²) < 4.78 is 0. The van der Waals surface area contributed by atoms with Crippen LogP contribution >= 0.6 is 11.8 Å². The van der Waals surface area contributed by atoms with Crippen LogP contribution in [-0.4, -0.2) is 28.8 Å². The number of hydrogen-bond acceptors (Lipinski definition) is 3. The van der Waals surface area contributed by atoms with Gasteiger partial charge in [-0.2, -0.15) is 0 Å². The maximum absolute atomic E-state index is 11.8. The van der Waals surface area contributed by atoms with Crippen LogP contribution in [0.5, 0.6) is 0 Å². The molecule has 0 aliphatic heterocycles. The van der Waals surface area contributed by atoms with Crippen LogP contribution in [0.2, 0.25) is 0 Å². The van der Waals surface area contributed by atoms with Crippen molar-refractivity contribution in [2.24, 2.45) is 5.92 Å². The van der Waals surface area contributed by atoms with E-state index in [1.165, 1.54) is 5.56 Å². The number of carbonyl (C=O) groups is 2. The molecule has 5 heteroatoms. The molecular formula is C15H19NO3S. The highest BCUT2D eigenvalue weighted by Crippen LogP contribution is 2.25. The van der Waals surface area contributed by atoms with Gasteiger partial charge in [0.2, 0.25) is 5.91 Å². The van der Waals surface area contributed by atoms with E-state index in [9.17, 15) is 9.59 Å². The Balaban J connectivity index is 1.65. The third-order valence-corrected chi connectivity index (χ3v) is 4.50. The normalized spacial score (nSPS) is 21.6. The van der Waals surface area contributed by atoms with Crippen molar-refractivity contribution < 1.29 is 14.7 Å².